The Balaban J connectivity index is 2.66. The minimum absolute atomic E-state index is 0.113. The zero-order valence-electron chi connectivity index (χ0n) is 6.27. The molecule has 12 heavy (non-hydrogen) atoms. The van der Waals surface area contributed by atoms with E-state index in [4.69, 9.17) is 10.7 Å². The average Bonchev–Trinajstić information content (AvgIpc) is 2.37. The molecule has 1 rings (SSSR count). The fraction of sp³-hybridized carbons (Fsp3) is 0.400. The summed E-state index contributed by atoms with van der Waals surface area (Å²) < 4.78 is 26.9. The molecule has 1 aromatic heterocycles. The van der Waals surface area contributed by atoms with Gasteiger partial charge in [0.05, 0.1) is 12.2 Å². The van der Waals surface area contributed by atoms with E-state index in [1.54, 1.807) is 6.07 Å². The predicted molar refractivity (Wildman–Crippen MR) is 42.7 cm³/mol. The fourth-order valence-corrected chi connectivity index (χ4v) is 1.06. The second-order valence-corrected chi connectivity index (χ2v) is 4.81. The van der Waals surface area contributed by atoms with Crippen molar-refractivity contribution in [1.82, 2.24) is 9.46 Å². The van der Waals surface area contributed by atoms with Gasteiger partial charge in [-0.25, -0.2) is 0 Å². The molecule has 5 nitrogen and oxygen atoms in total. The summed E-state index contributed by atoms with van der Waals surface area (Å²) in [5.41, 5.74) is 0.515. The van der Waals surface area contributed by atoms with Crippen molar-refractivity contribution in [3.8, 4) is 0 Å². The van der Waals surface area contributed by atoms with Gasteiger partial charge in [-0.3, -0.25) is 0 Å². The van der Waals surface area contributed by atoms with E-state index >= 15 is 0 Å². The molecule has 0 N–H and O–H groups in total. The molecule has 0 aliphatic rings. The van der Waals surface area contributed by atoms with Gasteiger partial charge in [0.1, 0.15) is 6.26 Å². The molecule has 0 aliphatic heterocycles. The number of hydrogen-bond acceptors (Lipinski definition) is 4. The van der Waals surface area contributed by atoms with E-state index in [1.807, 2.05) is 0 Å². The topological polar surface area (TPSA) is 63.4 Å². The molecule has 0 bridgehead atoms. The van der Waals surface area contributed by atoms with E-state index in [0.29, 0.717) is 5.69 Å². The molecule has 0 saturated heterocycles. The van der Waals surface area contributed by atoms with Crippen molar-refractivity contribution in [2.24, 2.45) is 0 Å². The van der Waals surface area contributed by atoms with Gasteiger partial charge in [-0.2, -0.15) is 12.7 Å². The summed E-state index contributed by atoms with van der Waals surface area (Å²) in [6, 6.07) is 1.57. The van der Waals surface area contributed by atoms with Crippen molar-refractivity contribution < 1.29 is 12.9 Å². The summed E-state index contributed by atoms with van der Waals surface area (Å²) in [5, 5.41) is 3.53. The molecule has 68 valence electrons. The molecule has 7 heteroatoms. The van der Waals surface area contributed by atoms with Crippen LogP contribution < -0.4 is 0 Å². The van der Waals surface area contributed by atoms with Crippen LogP contribution in [-0.4, -0.2) is 24.9 Å². The highest BCUT2D eigenvalue weighted by Crippen LogP contribution is 2.07. The summed E-state index contributed by atoms with van der Waals surface area (Å²) in [7, 11) is 2.74. The zero-order chi connectivity index (χ0) is 9.19. The average molecular weight is 211 g/mol. The van der Waals surface area contributed by atoms with E-state index in [2.05, 4.69) is 9.68 Å². The van der Waals surface area contributed by atoms with Gasteiger partial charge < -0.3 is 4.52 Å². The van der Waals surface area contributed by atoms with Crippen LogP contribution >= 0.6 is 10.7 Å². The van der Waals surface area contributed by atoms with Crippen LogP contribution in [0.25, 0.3) is 0 Å². The van der Waals surface area contributed by atoms with Crippen LogP contribution in [0.15, 0.2) is 16.9 Å². The van der Waals surface area contributed by atoms with Crippen molar-refractivity contribution in [2.75, 3.05) is 7.05 Å². The fourth-order valence-electron chi connectivity index (χ4n) is 0.624. The lowest BCUT2D eigenvalue weighted by Gasteiger charge is -2.08. The molecule has 0 spiro atoms. The minimum atomic E-state index is -3.66. The quantitative estimate of drug-likeness (QED) is 0.685. The molecular weight excluding hydrogens is 204 g/mol. The lowest BCUT2D eigenvalue weighted by atomic mass is 10.4. The first-order valence-electron chi connectivity index (χ1n) is 3.05. The number of nitrogens with zero attached hydrogens (tertiary/aromatic N) is 2. The maximum Gasteiger partial charge on any atom is 0.299 e. The van der Waals surface area contributed by atoms with E-state index in [0.717, 1.165) is 4.31 Å². The Morgan fingerprint density at radius 3 is 2.83 bits per heavy atom. The lowest BCUT2D eigenvalue weighted by molar-refractivity contribution is 0.396. The summed E-state index contributed by atoms with van der Waals surface area (Å²) in [6.07, 6.45) is 1.37. The van der Waals surface area contributed by atoms with Crippen molar-refractivity contribution in [2.45, 2.75) is 6.54 Å². The summed E-state index contributed by atoms with van der Waals surface area (Å²) in [5.74, 6) is 0. The second-order valence-electron chi connectivity index (χ2n) is 2.19. The number of aromatic nitrogens is 1. The van der Waals surface area contributed by atoms with Crippen LogP contribution in [0.3, 0.4) is 0 Å². The van der Waals surface area contributed by atoms with Gasteiger partial charge in [0, 0.05) is 23.8 Å². The lowest BCUT2D eigenvalue weighted by Crippen LogP contribution is -2.21. The van der Waals surface area contributed by atoms with Crippen molar-refractivity contribution in [3.63, 3.8) is 0 Å². The molecule has 0 aliphatic carbocycles. The monoisotopic (exact) mass is 210 g/mol. The Bertz CT molecular complexity index is 334. The summed E-state index contributed by atoms with van der Waals surface area (Å²) in [6.45, 7) is 0.113. The van der Waals surface area contributed by atoms with E-state index < -0.39 is 9.24 Å². The third kappa shape index (κ3) is 2.47. The maximum atomic E-state index is 10.7. The number of rotatable bonds is 3. The van der Waals surface area contributed by atoms with Crippen molar-refractivity contribution in [1.29, 1.82) is 0 Å². The standard InChI is InChI=1S/C5H7ClN2O3S/c1-8(12(6,9)10)4-5-2-3-11-7-5/h2-3H,4H2,1H3. The minimum Gasteiger partial charge on any atom is -0.364 e. The van der Waals surface area contributed by atoms with Crippen LogP contribution in [0, 0.1) is 0 Å². The van der Waals surface area contributed by atoms with Crippen LogP contribution in [0.5, 0.6) is 0 Å². The summed E-state index contributed by atoms with van der Waals surface area (Å²) >= 11 is 0. The van der Waals surface area contributed by atoms with Gasteiger partial charge in [-0.05, 0) is 0 Å². The molecule has 0 atom stereocenters. The highest BCUT2D eigenvalue weighted by atomic mass is 35.7. The Labute approximate surface area is 74.5 Å². The smallest absolute Gasteiger partial charge is 0.299 e. The third-order valence-corrected chi connectivity index (χ3v) is 2.83. The molecule has 1 heterocycles. The first-order chi connectivity index (χ1) is 5.50. The number of halogens is 1. The molecule has 0 unspecified atom stereocenters. The van der Waals surface area contributed by atoms with Gasteiger partial charge in [-0.1, -0.05) is 5.16 Å². The SMILES string of the molecule is CN(Cc1ccon1)S(=O)(=O)Cl. The highest BCUT2D eigenvalue weighted by Gasteiger charge is 2.14. The molecule has 0 fully saturated rings. The largest absolute Gasteiger partial charge is 0.364 e. The van der Waals surface area contributed by atoms with Crippen LogP contribution in [0.1, 0.15) is 5.69 Å². The Morgan fingerprint density at radius 2 is 2.42 bits per heavy atom. The Hall–Kier alpha value is -0.590. The van der Waals surface area contributed by atoms with Crippen LogP contribution in [0.4, 0.5) is 0 Å². The van der Waals surface area contributed by atoms with Gasteiger partial charge in [-0.15, -0.1) is 0 Å². The molecule has 0 amide bonds. The first kappa shape index (κ1) is 9.50. The van der Waals surface area contributed by atoms with Crippen molar-refractivity contribution >= 4 is 19.9 Å². The van der Waals surface area contributed by atoms with E-state index in [9.17, 15) is 8.42 Å². The molecular formula is C5H7ClN2O3S. The predicted octanol–water partition coefficient (Wildman–Crippen LogP) is 0.590. The van der Waals surface area contributed by atoms with E-state index in [-0.39, 0.29) is 6.54 Å². The summed E-state index contributed by atoms with van der Waals surface area (Å²) in [4.78, 5) is 0. The Kier molecular flexibility index (Phi) is 2.71. The molecule has 0 radical (unpaired) electrons. The second kappa shape index (κ2) is 3.42. The van der Waals surface area contributed by atoms with Gasteiger partial charge >= 0.3 is 0 Å². The zero-order valence-corrected chi connectivity index (χ0v) is 7.84. The number of hydrogen-bond donors (Lipinski definition) is 0. The molecule has 0 saturated carbocycles. The van der Waals surface area contributed by atoms with Crippen molar-refractivity contribution in [3.05, 3.63) is 18.0 Å². The Morgan fingerprint density at radius 1 is 1.75 bits per heavy atom. The molecule has 0 aromatic carbocycles. The normalized spacial score (nSPS) is 12.2. The van der Waals surface area contributed by atoms with Crippen LogP contribution in [0.2, 0.25) is 0 Å². The highest BCUT2D eigenvalue weighted by molar-refractivity contribution is 8.11. The first-order valence-corrected chi connectivity index (χ1v) is 5.32. The third-order valence-electron chi connectivity index (χ3n) is 1.25. The van der Waals surface area contributed by atoms with Crippen LogP contribution in [-0.2, 0) is 15.8 Å². The molecule has 1 aromatic rings. The van der Waals surface area contributed by atoms with E-state index in [1.165, 1.54) is 13.3 Å². The van der Waals surface area contributed by atoms with Gasteiger partial charge in [0.2, 0.25) is 0 Å². The maximum absolute atomic E-state index is 10.7. The van der Waals surface area contributed by atoms with Gasteiger partial charge in [0.25, 0.3) is 9.24 Å². The van der Waals surface area contributed by atoms with Gasteiger partial charge in [0.15, 0.2) is 0 Å².